The third kappa shape index (κ3) is 2.34. The third-order valence-corrected chi connectivity index (χ3v) is 6.16. The Balaban J connectivity index is 1.60. The number of ether oxygens (including phenoxy) is 1. The van der Waals surface area contributed by atoms with E-state index in [1.54, 1.807) is 7.11 Å². The van der Waals surface area contributed by atoms with Crippen LogP contribution in [0.2, 0.25) is 0 Å². The Morgan fingerprint density at radius 2 is 1.57 bits per heavy atom. The SMILES string of the molecule is COc1ccccc1[C@H]1[C@H]2C(=O)N(c3ccc(C)cc3)C(=O)[C@@H]2N2CCCN12. The van der Waals surface area contributed by atoms with E-state index in [2.05, 4.69) is 10.0 Å². The lowest BCUT2D eigenvalue weighted by Gasteiger charge is -2.30. The summed E-state index contributed by atoms with van der Waals surface area (Å²) in [7, 11) is 1.65. The lowest BCUT2D eigenvalue weighted by Crippen LogP contribution is -2.44. The van der Waals surface area contributed by atoms with E-state index >= 15 is 0 Å². The summed E-state index contributed by atoms with van der Waals surface area (Å²) in [5, 5.41) is 4.31. The number of aryl methyl sites for hydroxylation is 1. The van der Waals surface area contributed by atoms with Crippen LogP contribution < -0.4 is 9.64 Å². The highest BCUT2D eigenvalue weighted by Crippen LogP contribution is 2.50. The van der Waals surface area contributed by atoms with Gasteiger partial charge in [0.2, 0.25) is 5.91 Å². The largest absolute Gasteiger partial charge is 0.496 e. The Morgan fingerprint density at radius 3 is 2.29 bits per heavy atom. The van der Waals surface area contributed by atoms with Crippen molar-refractivity contribution in [1.29, 1.82) is 0 Å². The van der Waals surface area contributed by atoms with Crippen molar-refractivity contribution in [2.75, 3.05) is 25.1 Å². The molecule has 3 atom stereocenters. The maximum atomic E-state index is 13.5. The van der Waals surface area contributed by atoms with Crippen molar-refractivity contribution in [1.82, 2.24) is 10.0 Å². The van der Waals surface area contributed by atoms with Gasteiger partial charge in [-0.3, -0.25) is 9.59 Å². The first kappa shape index (κ1) is 17.4. The van der Waals surface area contributed by atoms with E-state index in [0.717, 1.165) is 36.4 Å². The van der Waals surface area contributed by atoms with Crippen LogP contribution in [0.15, 0.2) is 48.5 Å². The summed E-state index contributed by atoms with van der Waals surface area (Å²) >= 11 is 0. The lowest BCUT2D eigenvalue weighted by atomic mass is 9.89. The van der Waals surface area contributed by atoms with Crippen molar-refractivity contribution in [3.63, 3.8) is 0 Å². The highest BCUT2D eigenvalue weighted by atomic mass is 16.5. The quantitative estimate of drug-likeness (QED) is 0.770. The molecule has 3 fully saturated rings. The molecule has 28 heavy (non-hydrogen) atoms. The van der Waals surface area contributed by atoms with Gasteiger partial charge < -0.3 is 4.74 Å². The Kier molecular flexibility index (Phi) is 4.00. The number of imide groups is 1. The number of hydrazine groups is 1. The van der Waals surface area contributed by atoms with Gasteiger partial charge in [-0.15, -0.1) is 0 Å². The molecule has 0 spiro atoms. The molecule has 3 heterocycles. The van der Waals surface area contributed by atoms with Crippen LogP contribution in [0.3, 0.4) is 0 Å². The predicted molar refractivity (Wildman–Crippen MR) is 105 cm³/mol. The monoisotopic (exact) mass is 377 g/mol. The topological polar surface area (TPSA) is 53.1 Å². The zero-order valence-electron chi connectivity index (χ0n) is 16.0. The fourth-order valence-electron chi connectivity index (χ4n) is 4.95. The molecule has 0 bridgehead atoms. The predicted octanol–water partition coefficient (Wildman–Crippen LogP) is 2.54. The summed E-state index contributed by atoms with van der Waals surface area (Å²) in [5.41, 5.74) is 2.72. The summed E-state index contributed by atoms with van der Waals surface area (Å²) in [6, 6.07) is 14.8. The molecule has 3 aliphatic rings. The molecule has 5 rings (SSSR count). The lowest BCUT2D eigenvalue weighted by molar-refractivity contribution is -0.126. The molecule has 0 unspecified atom stereocenters. The number of methoxy groups -OCH3 is 1. The fraction of sp³-hybridized carbons (Fsp3) is 0.364. The van der Waals surface area contributed by atoms with Gasteiger partial charge in [0.25, 0.3) is 5.91 Å². The first-order chi connectivity index (χ1) is 13.6. The van der Waals surface area contributed by atoms with Crippen molar-refractivity contribution in [3.8, 4) is 5.75 Å². The smallest absolute Gasteiger partial charge is 0.253 e. The second kappa shape index (κ2) is 6.43. The van der Waals surface area contributed by atoms with Crippen LogP contribution in [-0.4, -0.2) is 48.1 Å². The number of carbonyl (C=O) groups excluding carboxylic acids is 2. The first-order valence-corrected chi connectivity index (χ1v) is 9.72. The van der Waals surface area contributed by atoms with Gasteiger partial charge in [0.15, 0.2) is 0 Å². The van der Waals surface area contributed by atoms with Gasteiger partial charge in [-0.25, -0.2) is 14.9 Å². The first-order valence-electron chi connectivity index (χ1n) is 9.72. The molecule has 3 aliphatic heterocycles. The van der Waals surface area contributed by atoms with Crippen LogP contribution in [0, 0.1) is 12.8 Å². The summed E-state index contributed by atoms with van der Waals surface area (Å²) in [6.07, 6.45) is 0.987. The molecule has 0 saturated carbocycles. The third-order valence-electron chi connectivity index (χ3n) is 6.16. The number of carbonyl (C=O) groups is 2. The van der Waals surface area contributed by atoms with Gasteiger partial charge in [0.1, 0.15) is 11.8 Å². The number of hydrogen-bond donors (Lipinski definition) is 0. The molecule has 2 amide bonds. The van der Waals surface area contributed by atoms with Crippen molar-refractivity contribution >= 4 is 17.5 Å². The molecule has 2 aromatic rings. The Bertz CT molecular complexity index is 942. The molecular formula is C22H23N3O3. The van der Waals surface area contributed by atoms with Crippen LogP contribution in [0.1, 0.15) is 23.6 Å². The van der Waals surface area contributed by atoms with E-state index < -0.39 is 12.0 Å². The number of fused-ring (bicyclic) bond motifs is 3. The minimum absolute atomic E-state index is 0.121. The van der Waals surface area contributed by atoms with E-state index in [1.807, 2.05) is 55.5 Å². The number of anilines is 1. The molecule has 0 N–H and O–H groups in total. The van der Waals surface area contributed by atoms with Gasteiger partial charge in [-0.1, -0.05) is 35.9 Å². The Morgan fingerprint density at radius 1 is 0.893 bits per heavy atom. The van der Waals surface area contributed by atoms with E-state index in [-0.39, 0.29) is 17.9 Å². The second-order valence-electron chi connectivity index (χ2n) is 7.68. The number of nitrogens with zero attached hydrogens (tertiary/aromatic N) is 3. The molecule has 6 nitrogen and oxygen atoms in total. The molecule has 0 aromatic heterocycles. The molecule has 6 heteroatoms. The summed E-state index contributed by atoms with van der Waals surface area (Å²) in [4.78, 5) is 28.3. The van der Waals surface area contributed by atoms with Crippen molar-refractivity contribution < 1.29 is 14.3 Å². The van der Waals surface area contributed by atoms with Gasteiger partial charge >= 0.3 is 0 Å². The fourth-order valence-corrected chi connectivity index (χ4v) is 4.95. The number of para-hydroxylation sites is 1. The summed E-state index contributed by atoms with van der Waals surface area (Å²) in [5.74, 6) is 0.0896. The molecule has 2 aromatic carbocycles. The highest BCUT2D eigenvalue weighted by molar-refractivity contribution is 6.24. The minimum Gasteiger partial charge on any atom is -0.496 e. The number of rotatable bonds is 3. The maximum absolute atomic E-state index is 13.5. The molecule has 0 aliphatic carbocycles. The standard InChI is InChI=1S/C22H23N3O3/c1-14-8-10-15(11-9-14)25-21(26)18-19(16-6-3-4-7-17(16)28-2)23-12-5-13-24(23)20(18)22(25)27/h3-4,6-11,18-20H,5,12-13H2,1-2H3/t18-,19+,20-/m1/s1. The van der Waals surface area contributed by atoms with E-state index in [9.17, 15) is 9.59 Å². The minimum atomic E-state index is -0.439. The van der Waals surface area contributed by atoms with Crippen molar-refractivity contribution in [2.45, 2.75) is 25.4 Å². The van der Waals surface area contributed by atoms with Crippen LogP contribution in [0.25, 0.3) is 0 Å². The number of benzene rings is 2. The Labute approximate surface area is 164 Å². The average Bonchev–Trinajstić information content (AvgIpc) is 3.35. The van der Waals surface area contributed by atoms with Crippen LogP contribution in [0.5, 0.6) is 5.75 Å². The van der Waals surface area contributed by atoms with E-state index in [4.69, 9.17) is 4.74 Å². The molecule has 3 saturated heterocycles. The average molecular weight is 377 g/mol. The highest BCUT2D eigenvalue weighted by Gasteiger charge is 2.63. The van der Waals surface area contributed by atoms with Crippen molar-refractivity contribution in [3.05, 3.63) is 59.7 Å². The molecule has 0 radical (unpaired) electrons. The Hall–Kier alpha value is -2.70. The van der Waals surface area contributed by atoms with E-state index in [1.165, 1.54) is 4.90 Å². The summed E-state index contributed by atoms with van der Waals surface area (Å²) in [6.45, 7) is 3.64. The maximum Gasteiger partial charge on any atom is 0.253 e. The zero-order valence-corrected chi connectivity index (χ0v) is 16.0. The van der Waals surface area contributed by atoms with Gasteiger partial charge in [0.05, 0.1) is 24.8 Å². The van der Waals surface area contributed by atoms with Crippen molar-refractivity contribution in [2.24, 2.45) is 5.92 Å². The van der Waals surface area contributed by atoms with Gasteiger partial charge in [-0.2, -0.15) is 0 Å². The van der Waals surface area contributed by atoms with Gasteiger partial charge in [-0.05, 0) is 31.5 Å². The van der Waals surface area contributed by atoms with Gasteiger partial charge in [0, 0.05) is 18.7 Å². The van der Waals surface area contributed by atoms with Crippen LogP contribution in [0.4, 0.5) is 5.69 Å². The second-order valence-corrected chi connectivity index (χ2v) is 7.68. The zero-order chi connectivity index (χ0) is 19.4. The molecular weight excluding hydrogens is 354 g/mol. The summed E-state index contributed by atoms with van der Waals surface area (Å²) < 4.78 is 5.59. The number of hydrogen-bond acceptors (Lipinski definition) is 5. The molecule has 144 valence electrons. The van der Waals surface area contributed by atoms with Crippen LogP contribution in [-0.2, 0) is 9.59 Å². The van der Waals surface area contributed by atoms with Crippen LogP contribution >= 0.6 is 0 Å². The normalized spacial score (nSPS) is 27.4. The van der Waals surface area contributed by atoms with E-state index in [0.29, 0.717) is 5.69 Å². The number of amides is 2.